The van der Waals surface area contributed by atoms with Crippen LogP contribution >= 0.6 is 11.3 Å². The Hall–Kier alpha value is -1.86. The van der Waals surface area contributed by atoms with Crippen molar-refractivity contribution in [3.63, 3.8) is 0 Å². The molecule has 1 N–H and O–H groups in total. The number of rotatable bonds is 4. The van der Waals surface area contributed by atoms with Crippen LogP contribution in [0.4, 0.5) is 4.79 Å². The van der Waals surface area contributed by atoms with Crippen molar-refractivity contribution in [3.05, 3.63) is 39.7 Å². The third kappa shape index (κ3) is 4.15. The zero-order chi connectivity index (χ0) is 17.1. The average molecular weight is 348 g/mol. The van der Waals surface area contributed by atoms with E-state index in [1.165, 1.54) is 0 Å². The van der Waals surface area contributed by atoms with E-state index in [1.54, 1.807) is 11.3 Å². The average Bonchev–Trinajstić information content (AvgIpc) is 3.16. The molecular formula is C17H24N4O2S. The molecule has 1 fully saturated rings. The van der Waals surface area contributed by atoms with Gasteiger partial charge in [0.1, 0.15) is 11.5 Å². The van der Waals surface area contributed by atoms with Crippen molar-refractivity contribution in [1.29, 1.82) is 0 Å². The van der Waals surface area contributed by atoms with Crippen LogP contribution in [0.2, 0.25) is 0 Å². The Labute approximate surface area is 146 Å². The topological polar surface area (TPSA) is 61.6 Å². The molecule has 1 aliphatic heterocycles. The highest BCUT2D eigenvalue weighted by Crippen LogP contribution is 2.16. The van der Waals surface area contributed by atoms with Crippen molar-refractivity contribution < 1.29 is 9.21 Å². The SMILES string of the molecule is Cc1ccc([C@@H](C)NC(=O)N2CCN(Cc3csc(C)n3)CC2)o1. The van der Waals surface area contributed by atoms with Gasteiger partial charge in [0.15, 0.2) is 0 Å². The number of hydrogen-bond acceptors (Lipinski definition) is 5. The van der Waals surface area contributed by atoms with E-state index < -0.39 is 0 Å². The Balaban J connectivity index is 1.46. The molecule has 1 aliphatic rings. The lowest BCUT2D eigenvalue weighted by Crippen LogP contribution is -2.51. The lowest BCUT2D eigenvalue weighted by Gasteiger charge is -2.34. The van der Waals surface area contributed by atoms with Gasteiger partial charge in [-0.25, -0.2) is 9.78 Å². The lowest BCUT2D eigenvalue weighted by atomic mass is 10.2. The van der Waals surface area contributed by atoms with Crippen LogP contribution in [0.25, 0.3) is 0 Å². The minimum absolute atomic E-state index is 0.0271. The van der Waals surface area contributed by atoms with E-state index in [0.29, 0.717) is 0 Å². The Morgan fingerprint density at radius 1 is 1.33 bits per heavy atom. The number of piperazine rings is 1. The highest BCUT2D eigenvalue weighted by molar-refractivity contribution is 7.09. The molecule has 0 aliphatic carbocycles. The minimum Gasteiger partial charge on any atom is -0.464 e. The number of amides is 2. The van der Waals surface area contributed by atoms with E-state index in [0.717, 1.165) is 54.9 Å². The fourth-order valence-electron chi connectivity index (χ4n) is 2.85. The standard InChI is InChI=1S/C17H24N4O2S/c1-12-4-5-16(23-12)13(2)18-17(22)21-8-6-20(7-9-21)10-15-11-24-14(3)19-15/h4-5,11,13H,6-10H2,1-3H3,(H,18,22)/t13-/m1/s1. The second kappa shape index (κ2) is 7.36. The first kappa shape index (κ1) is 17.0. The Morgan fingerprint density at radius 3 is 2.67 bits per heavy atom. The van der Waals surface area contributed by atoms with Crippen molar-refractivity contribution in [1.82, 2.24) is 20.1 Å². The molecule has 2 aromatic rings. The van der Waals surface area contributed by atoms with Crippen LogP contribution in [0, 0.1) is 13.8 Å². The van der Waals surface area contributed by atoms with E-state index >= 15 is 0 Å². The molecule has 1 atom stereocenters. The van der Waals surface area contributed by atoms with Crippen LogP contribution in [-0.2, 0) is 6.54 Å². The third-order valence-corrected chi connectivity index (χ3v) is 5.06. The summed E-state index contributed by atoms with van der Waals surface area (Å²) in [6.45, 7) is 9.95. The van der Waals surface area contributed by atoms with Gasteiger partial charge in [0, 0.05) is 38.1 Å². The summed E-state index contributed by atoms with van der Waals surface area (Å²) in [5.41, 5.74) is 1.12. The van der Waals surface area contributed by atoms with Crippen molar-refractivity contribution in [2.24, 2.45) is 0 Å². The van der Waals surface area contributed by atoms with Gasteiger partial charge in [-0.05, 0) is 32.9 Å². The highest BCUT2D eigenvalue weighted by Gasteiger charge is 2.23. The van der Waals surface area contributed by atoms with E-state index in [4.69, 9.17) is 4.42 Å². The number of aryl methyl sites for hydroxylation is 2. The predicted octanol–water partition coefficient (Wildman–Crippen LogP) is 2.94. The zero-order valence-electron chi connectivity index (χ0n) is 14.4. The fourth-order valence-corrected chi connectivity index (χ4v) is 3.46. The Kier molecular flexibility index (Phi) is 5.20. The van der Waals surface area contributed by atoms with Crippen LogP contribution in [0.5, 0.6) is 0 Å². The molecule has 7 heteroatoms. The number of nitrogens with one attached hydrogen (secondary N) is 1. The second-order valence-electron chi connectivity index (χ2n) is 6.24. The molecule has 2 amide bonds. The van der Waals surface area contributed by atoms with Gasteiger partial charge in [0.05, 0.1) is 16.7 Å². The molecule has 0 radical (unpaired) electrons. The number of hydrogen-bond donors (Lipinski definition) is 1. The van der Waals surface area contributed by atoms with Gasteiger partial charge in [0.25, 0.3) is 0 Å². The number of carbonyl (C=O) groups excluding carboxylic acids is 1. The van der Waals surface area contributed by atoms with Crippen LogP contribution in [-0.4, -0.2) is 47.0 Å². The molecule has 0 unspecified atom stereocenters. The van der Waals surface area contributed by atoms with Crippen LogP contribution in [0.15, 0.2) is 21.9 Å². The molecule has 3 rings (SSSR count). The predicted molar refractivity (Wildman–Crippen MR) is 94.1 cm³/mol. The summed E-state index contributed by atoms with van der Waals surface area (Å²) in [4.78, 5) is 21.1. The number of furan rings is 1. The van der Waals surface area contributed by atoms with Gasteiger partial charge in [-0.15, -0.1) is 11.3 Å². The van der Waals surface area contributed by atoms with Crippen LogP contribution in [0.1, 0.15) is 35.2 Å². The van der Waals surface area contributed by atoms with Crippen molar-refractivity contribution in [3.8, 4) is 0 Å². The quantitative estimate of drug-likeness (QED) is 0.923. The lowest BCUT2D eigenvalue weighted by molar-refractivity contribution is 0.132. The van der Waals surface area contributed by atoms with Crippen molar-refractivity contribution >= 4 is 17.4 Å². The smallest absolute Gasteiger partial charge is 0.318 e. The molecular weight excluding hydrogens is 324 g/mol. The first-order valence-electron chi connectivity index (χ1n) is 8.26. The molecule has 2 aromatic heterocycles. The molecule has 0 spiro atoms. The maximum atomic E-state index is 12.4. The normalized spacial score (nSPS) is 17.0. The van der Waals surface area contributed by atoms with Gasteiger partial charge < -0.3 is 14.6 Å². The summed E-state index contributed by atoms with van der Waals surface area (Å²) in [7, 11) is 0. The van der Waals surface area contributed by atoms with E-state index in [1.807, 2.05) is 37.8 Å². The van der Waals surface area contributed by atoms with E-state index in [-0.39, 0.29) is 12.1 Å². The van der Waals surface area contributed by atoms with Gasteiger partial charge in [-0.2, -0.15) is 0 Å². The molecule has 0 bridgehead atoms. The van der Waals surface area contributed by atoms with E-state index in [9.17, 15) is 4.79 Å². The first-order valence-corrected chi connectivity index (χ1v) is 9.14. The van der Waals surface area contributed by atoms with Gasteiger partial charge >= 0.3 is 6.03 Å². The summed E-state index contributed by atoms with van der Waals surface area (Å²) in [5, 5.41) is 6.23. The molecule has 130 valence electrons. The summed E-state index contributed by atoms with van der Waals surface area (Å²) in [6, 6.07) is 3.67. The second-order valence-corrected chi connectivity index (χ2v) is 7.30. The maximum Gasteiger partial charge on any atom is 0.318 e. The molecule has 6 nitrogen and oxygen atoms in total. The monoisotopic (exact) mass is 348 g/mol. The van der Waals surface area contributed by atoms with Gasteiger partial charge in [-0.3, -0.25) is 4.90 Å². The number of carbonyl (C=O) groups is 1. The zero-order valence-corrected chi connectivity index (χ0v) is 15.2. The number of aromatic nitrogens is 1. The summed E-state index contributed by atoms with van der Waals surface area (Å²) in [6.07, 6.45) is 0. The van der Waals surface area contributed by atoms with Crippen molar-refractivity contribution in [2.45, 2.75) is 33.4 Å². The maximum absolute atomic E-state index is 12.4. The highest BCUT2D eigenvalue weighted by atomic mass is 32.1. The number of thiazole rings is 1. The number of urea groups is 1. The fraction of sp³-hybridized carbons (Fsp3) is 0.529. The summed E-state index contributed by atoms with van der Waals surface area (Å²) >= 11 is 1.68. The number of nitrogens with zero attached hydrogens (tertiary/aromatic N) is 3. The summed E-state index contributed by atoms with van der Waals surface area (Å²) < 4.78 is 5.57. The molecule has 0 aromatic carbocycles. The van der Waals surface area contributed by atoms with Crippen LogP contribution < -0.4 is 5.32 Å². The van der Waals surface area contributed by atoms with Gasteiger partial charge in [0.2, 0.25) is 0 Å². The summed E-state index contributed by atoms with van der Waals surface area (Å²) in [5.74, 6) is 1.65. The molecule has 0 saturated carbocycles. The minimum atomic E-state index is -0.123. The molecule has 24 heavy (non-hydrogen) atoms. The largest absolute Gasteiger partial charge is 0.464 e. The van der Waals surface area contributed by atoms with Crippen molar-refractivity contribution in [2.75, 3.05) is 26.2 Å². The Bertz CT molecular complexity index is 688. The Morgan fingerprint density at radius 2 is 2.08 bits per heavy atom. The first-order chi connectivity index (χ1) is 11.5. The van der Waals surface area contributed by atoms with Gasteiger partial charge in [-0.1, -0.05) is 0 Å². The van der Waals surface area contributed by atoms with E-state index in [2.05, 4.69) is 20.6 Å². The molecule has 1 saturated heterocycles. The third-order valence-electron chi connectivity index (χ3n) is 4.24. The molecule has 3 heterocycles. The van der Waals surface area contributed by atoms with Crippen LogP contribution in [0.3, 0.4) is 0 Å².